The molecule has 1 aromatic heterocycles. The summed E-state index contributed by atoms with van der Waals surface area (Å²) in [4.78, 5) is 5.97. The van der Waals surface area contributed by atoms with E-state index in [1.807, 2.05) is 25.1 Å². The molecule has 0 fully saturated rings. The third-order valence-corrected chi connectivity index (χ3v) is 4.11. The van der Waals surface area contributed by atoms with E-state index in [-0.39, 0.29) is 5.41 Å². The first-order valence-corrected chi connectivity index (χ1v) is 7.71. The van der Waals surface area contributed by atoms with Crippen LogP contribution in [0.25, 0.3) is 10.6 Å². The number of ether oxygens (including phenoxy) is 1. The highest BCUT2D eigenvalue weighted by Gasteiger charge is 2.23. The van der Waals surface area contributed by atoms with E-state index in [1.165, 1.54) is 0 Å². The van der Waals surface area contributed by atoms with Crippen molar-refractivity contribution < 1.29 is 4.74 Å². The van der Waals surface area contributed by atoms with Crippen molar-refractivity contribution in [3.05, 3.63) is 34.8 Å². The van der Waals surface area contributed by atoms with Crippen LogP contribution in [-0.2, 0) is 12.0 Å². The molecule has 0 aliphatic carbocycles. The molecule has 2 rings (SSSR count). The van der Waals surface area contributed by atoms with Gasteiger partial charge in [0.2, 0.25) is 0 Å². The molecule has 2 aromatic rings. The average molecular weight is 290 g/mol. The molecular formula is C16H22N2OS. The van der Waals surface area contributed by atoms with Gasteiger partial charge in [-0.05, 0) is 19.1 Å². The molecule has 4 heteroatoms. The van der Waals surface area contributed by atoms with Crippen LogP contribution < -0.4 is 10.5 Å². The van der Waals surface area contributed by atoms with E-state index in [4.69, 9.17) is 15.5 Å². The maximum Gasteiger partial charge on any atom is 0.124 e. The Bertz CT molecular complexity index is 584. The molecule has 0 saturated heterocycles. The molecule has 3 nitrogen and oxygen atoms in total. The molecule has 0 aliphatic heterocycles. The number of hydrogen-bond acceptors (Lipinski definition) is 4. The highest BCUT2D eigenvalue weighted by molar-refractivity contribution is 7.15. The Labute approximate surface area is 124 Å². The summed E-state index contributed by atoms with van der Waals surface area (Å²) in [5.41, 5.74) is 8.06. The van der Waals surface area contributed by atoms with E-state index in [2.05, 4.69) is 26.8 Å². The molecule has 1 aromatic carbocycles. The molecule has 2 N–H and O–H groups in total. The number of thiazole rings is 1. The maximum atomic E-state index is 5.86. The Morgan fingerprint density at radius 1 is 1.30 bits per heavy atom. The predicted molar refractivity (Wildman–Crippen MR) is 85.3 cm³/mol. The summed E-state index contributed by atoms with van der Waals surface area (Å²) in [6.07, 6.45) is 0. The van der Waals surface area contributed by atoms with E-state index >= 15 is 0 Å². The summed E-state index contributed by atoms with van der Waals surface area (Å²) in [5, 5.41) is 1.01. The molecule has 0 unspecified atom stereocenters. The molecule has 0 bridgehead atoms. The number of aromatic nitrogens is 1. The highest BCUT2D eigenvalue weighted by Crippen LogP contribution is 2.35. The molecule has 20 heavy (non-hydrogen) atoms. The van der Waals surface area contributed by atoms with Crippen molar-refractivity contribution in [1.82, 2.24) is 4.98 Å². The van der Waals surface area contributed by atoms with Crippen molar-refractivity contribution in [2.45, 2.75) is 39.7 Å². The van der Waals surface area contributed by atoms with Crippen molar-refractivity contribution in [1.29, 1.82) is 0 Å². The maximum absolute atomic E-state index is 5.86. The van der Waals surface area contributed by atoms with Gasteiger partial charge in [-0.2, -0.15) is 0 Å². The van der Waals surface area contributed by atoms with Crippen LogP contribution in [-0.4, -0.2) is 11.6 Å². The summed E-state index contributed by atoms with van der Waals surface area (Å²) < 4.78 is 5.55. The topological polar surface area (TPSA) is 48.1 Å². The number of rotatable bonds is 4. The molecule has 0 atom stereocenters. The van der Waals surface area contributed by atoms with Gasteiger partial charge in [-0.25, -0.2) is 4.98 Å². The van der Waals surface area contributed by atoms with Crippen molar-refractivity contribution in [3.8, 4) is 16.3 Å². The minimum Gasteiger partial charge on any atom is -0.494 e. The lowest BCUT2D eigenvalue weighted by atomic mass is 9.91. The molecule has 0 spiro atoms. The average Bonchev–Trinajstić information content (AvgIpc) is 2.83. The van der Waals surface area contributed by atoms with Crippen LogP contribution in [0.15, 0.2) is 24.3 Å². The Hall–Kier alpha value is -1.39. The lowest BCUT2D eigenvalue weighted by Gasteiger charge is -2.16. The quantitative estimate of drug-likeness (QED) is 0.927. The van der Waals surface area contributed by atoms with Crippen molar-refractivity contribution in [3.63, 3.8) is 0 Å². The van der Waals surface area contributed by atoms with Gasteiger partial charge >= 0.3 is 0 Å². The van der Waals surface area contributed by atoms with Gasteiger partial charge in [0.15, 0.2) is 0 Å². The van der Waals surface area contributed by atoms with E-state index in [1.54, 1.807) is 11.3 Å². The monoisotopic (exact) mass is 290 g/mol. The van der Waals surface area contributed by atoms with Gasteiger partial charge in [0.1, 0.15) is 10.8 Å². The molecule has 108 valence electrons. The molecule has 0 aliphatic rings. The zero-order valence-corrected chi connectivity index (χ0v) is 13.4. The Balaban J connectivity index is 2.43. The van der Waals surface area contributed by atoms with Gasteiger partial charge in [-0.3, -0.25) is 0 Å². The standard InChI is InChI=1S/C16H22N2OS/c1-5-19-12-8-6-7-11(9-12)15-18-14(16(2,3)4)13(10-17)20-15/h6-9H,5,10,17H2,1-4H3. The third kappa shape index (κ3) is 3.19. The van der Waals surface area contributed by atoms with Crippen LogP contribution in [0.3, 0.4) is 0 Å². The zero-order valence-electron chi connectivity index (χ0n) is 12.6. The minimum absolute atomic E-state index is 0.0149. The second-order valence-corrected chi connectivity index (χ2v) is 6.79. The summed E-state index contributed by atoms with van der Waals surface area (Å²) >= 11 is 1.67. The Morgan fingerprint density at radius 2 is 2.05 bits per heavy atom. The molecule has 0 radical (unpaired) electrons. The fourth-order valence-corrected chi connectivity index (χ4v) is 3.23. The summed E-state index contributed by atoms with van der Waals surface area (Å²) in [7, 11) is 0. The number of nitrogens with two attached hydrogens (primary N) is 1. The first-order chi connectivity index (χ1) is 9.45. The first-order valence-electron chi connectivity index (χ1n) is 6.89. The summed E-state index contributed by atoms with van der Waals surface area (Å²) in [6, 6.07) is 8.07. The van der Waals surface area contributed by atoms with Crippen LogP contribution in [0.4, 0.5) is 0 Å². The molecule has 0 amide bonds. The highest BCUT2D eigenvalue weighted by atomic mass is 32.1. The van der Waals surface area contributed by atoms with E-state index in [9.17, 15) is 0 Å². The Kier molecular flexibility index (Phi) is 4.45. The minimum atomic E-state index is 0.0149. The van der Waals surface area contributed by atoms with Crippen molar-refractivity contribution in [2.75, 3.05) is 6.61 Å². The van der Waals surface area contributed by atoms with Gasteiger partial charge < -0.3 is 10.5 Å². The van der Waals surface area contributed by atoms with Crippen LogP contribution in [0, 0.1) is 0 Å². The first kappa shape index (κ1) is 15.0. The Morgan fingerprint density at radius 3 is 2.60 bits per heavy atom. The SMILES string of the molecule is CCOc1cccc(-c2nc(C(C)(C)C)c(CN)s2)c1. The van der Waals surface area contributed by atoms with Gasteiger partial charge in [-0.1, -0.05) is 32.9 Å². The number of nitrogens with zero attached hydrogens (tertiary/aromatic N) is 1. The largest absolute Gasteiger partial charge is 0.494 e. The summed E-state index contributed by atoms with van der Waals surface area (Å²) in [5.74, 6) is 0.881. The number of benzene rings is 1. The lowest BCUT2D eigenvalue weighted by molar-refractivity contribution is 0.340. The second-order valence-electron chi connectivity index (χ2n) is 5.71. The zero-order chi connectivity index (χ0) is 14.8. The normalized spacial score (nSPS) is 11.7. The van der Waals surface area contributed by atoms with Crippen molar-refractivity contribution >= 4 is 11.3 Å². The second kappa shape index (κ2) is 5.94. The fourth-order valence-electron chi connectivity index (χ4n) is 2.09. The molecule has 1 heterocycles. The lowest BCUT2D eigenvalue weighted by Crippen LogP contribution is -2.15. The molecule has 0 saturated carbocycles. The van der Waals surface area contributed by atoms with Crippen LogP contribution >= 0.6 is 11.3 Å². The smallest absolute Gasteiger partial charge is 0.124 e. The van der Waals surface area contributed by atoms with E-state index < -0.39 is 0 Å². The van der Waals surface area contributed by atoms with Crippen LogP contribution in [0.5, 0.6) is 5.75 Å². The number of hydrogen-bond donors (Lipinski definition) is 1. The van der Waals surface area contributed by atoms with Crippen LogP contribution in [0.1, 0.15) is 38.3 Å². The fraction of sp³-hybridized carbons (Fsp3) is 0.438. The molecular weight excluding hydrogens is 268 g/mol. The predicted octanol–water partition coefficient (Wildman–Crippen LogP) is 3.97. The summed E-state index contributed by atoms with van der Waals surface area (Å²) in [6.45, 7) is 9.70. The van der Waals surface area contributed by atoms with Gasteiger partial charge in [-0.15, -0.1) is 11.3 Å². The van der Waals surface area contributed by atoms with Crippen molar-refractivity contribution in [2.24, 2.45) is 5.73 Å². The van der Waals surface area contributed by atoms with E-state index in [0.29, 0.717) is 13.2 Å². The van der Waals surface area contributed by atoms with E-state index in [0.717, 1.165) is 26.9 Å². The van der Waals surface area contributed by atoms with Gasteiger partial charge in [0.05, 0.1) is 12.3 Å². The third-order valence-electron chi connectivity index (χ3n) is 2.99. The van der Waals surface area contributed by atoms with Gasteiger partial charge in [0, 0.05) is 22.4 Å². The van der Waals surface area contributed by atoms with Crippen LogP contribution in [0.2, 0.25) is 0 Å². The van der Waals surface area contributed by atoms with Gasteiger partial charge in [0.25, 0.3) is 0 Å².